The first-order valence-electron chi connectivity index (χ1n) is 6.70. The molecular formula is C18H13NO4. The molecule has 0 bridgehead atoms. The Hall–Kier alpha value is -3.39. The molecule has 0 aromatic heterocycles. The maximum atomic E-state index is 12.1. The van der Waals surface area contributed by atoms with Gasteiger partial charge in [-0.1, -0.05) is 30.3 Å². The molecule has 114 valence electrons. The predicted molar refractivity (Wildman–Crippen MR) is 84.0 cm³/mol. The summed E-state index contributed by atoms with van der Waals surface area (Å²) in [5, 5.41) is 9.15. The van der Waals surface area contributed by atoms with E-state index in [2.05, 4.69) is 0 Å². The van der Waals surface area contributed by atoms with Crippen LogP contribution in [0.25, 0.3) is 6.08 Å². The van der Waals surface area contributed by atoms with Gasteiger partial charge in [-0.2, -0.15) is 5.26 Å². The van der Waals surface area contributed by atoms with Gasteiger partial charge in [0.15, 0.2) is 11.5 Å². The minimum absolute atomic E-state index is 0.136. The summed E-state index contributed by atoms with van der Waals surface area (Å²) < 4.78 is 10.3. The Labute approximate surface area is 133 Å². The van der Waals surface area contributed by atoms with Gasteiger partial charge in [-0.3, -0.25) is 4.79 Å². The molecule has 2 aromatic carbocycles. The SMILES string of the molecule is COc1cc(C=O)ccc1OC(=O)/C(C#N)=C/c1ccccc1. The van der Waals surface area contributed by atoms with E-state index in [1.54, 1.807) is 24.3 Å². The van der Waals surface area contributed by atoms with Crippen molar-refractivity contribution in [3.05, 3.63) is 65.2 Å². The molecule has 23 heavy (non-hydrogen) atoms. The second-order valence-corrected chi connectivity index (χ2v) is 4.50. The predicted octanol–water partition coefficient (Wildman–Crippen LogP) is 3.02. The summed E-state index contributed by atoms with van der Waals surface area (Å²) in [5.41, 5.74) is 0.962. The molecule has 0 amide bonds. The van der Waals surface area contributed by atoms with Gasteiger partial charge in [0.05, 0.1) is 7.11 Å². The number of aldehydes is 1. The van der Waals surface area contributed by atoms with E-state index < -0.39 is 5.97 Å². The van der Waals surface area contributed by atoms with Crippen molar-refractivity contribution >= 4 is 18.3 Å². The number of hydrogen-bond donors (Lipinski definition) is 0. The molecule has 0 fully saturated rings. The molecule has 0 unspecified atom stereocenters. The lowest BCUT2D eigenvalue weighted by atomic mass is 10.1. The van der Waals surface area contributed by atoms with Gasteiger partial charge in [0.1, 0.15) is 17.9 Å². The molecule has 0 heterocycles. The maximum Gasteiger partial charge on any atom is 0.354 e. The zero-order valence-corrected chi connectivity index (χ0v) is 12.4. The number of ether oxygens (including phenoxy) is 2. The van der Waals surface area contributed by atoms with Crippen molar-refractivity contribution in [2.75, 3.05) is 7.11 Å². The summed E-state index contributed by atoms with van der Waals surface area (Å²) in [6.45, 7) is 0. The smallest absolute Gasteiger partial charge is 0.354 e. The number of nitrogens with zero attached hydrogens (tertiary/aromatic N) is 1. The van der Waals surface area contributed by atoms with Gasteiger partial charge in [-0.15, -0.1) is 0 Å². The summed E-state index contributed by atoms with van der Waals surface area (Å²) in [4.78, 5) is 22.9. The maximum absolute atomic E-state index is 12.1. The van der Waals surface area contributed by atoms with E-state index in [0.29, 0.717) is 17.4 Å². The van der Waals surface area contributed by atoms with E-state index in [1.165, 1.54) is 31.4 Å². The summed E-state index contributed by atoms with van der Waals surface area (Å²) in [7, 11) is 1.40. The van der Waals surface area contributed by atoms with Gasteiger partial charge in [0, 0.05) is 5.56 Å². The van der Waals surface area contributed by atoms with Crippen LogP contribution in [-0.2, 0) is 4.79 Å². The van der Waals surface area contributed by atoms with Crippen molar-refractivity contribution in [1.82, 2.24) is 0 Å². The van der Waals surface area contributed by atoms with Crippen LogP contribution in [0.4, 0.5) is 0 Å². The van der Waals surface area contributed by atoms with Crippen LogP contribution < -0.4 is 9.47 Å². The molecule has 5 nitrogen and oxygen atoms in total. The second kappa shape index (κ2) is 7.57. The Morgan fingerprint density at radius 1 is 1.09 bits per heavy atom. The third-order valence-corrected chi connectivity index (χ3v) is 2.98. The second-order valence-electron chi connectivity index (χ2n) is 4.50. The van der Waals surface area contributed by atoms with Gasteiger partial charge in [0.25, 0.3) is 0 Å². The molecule has 2 rings (SSSR count). The minimum atomic E-state index is -0.798. The van der Waals surface area contributed by atoms with E-state index >= 15 is 0 Å². The lowest BCUT2D eigenvalue weighted by Gasteiger charge is -2.09. The van der Waals surface area contributed by atoms with E-state index in [-0.39, 0.29) is 17.1 Å². The van der Waals surface area contributed by atoms with Crippen LogP contribution >= 0.6 is 0 Å². The van der Waals surface area contributed by atoms with Gasteiger partial charge in [-0.25, -0.2) is 4.79 Å². The Bertz CT molecular complexity index is 788. The lowest BCUT2D eigenvalue weighted by Crippen LogP contribution is -2.11. The van der Waals surface area contributed by atoms with Gasteiger partial charge < -0.3 is 9.47 Å². The molecule has 0 aliphatic rings. The number of benzene rings is 2. The first kappa shape index (κ1) is 16.0. The topological polar surface area (TPSA) is 76.4 Å². The molecule has 0 spiro atoms. The van der Waals surface area contributed by atoms with Crippen LogP contribution in [0.5, 0.6) is 11.5 Å². The molecule has 0 aliphatic heterocycles. The summed E-state index contributed by atoms with van der Waals surface area (Å²) in [6, 6.07) is 15.2. The number of carbonyl (C=O) groups excluding carboxylic acids is 2. The minimum Gasteiger partial charge on any atom is -0.493 e. The normalized spacial score (nSPS) is 10.5. The first-order chi connectivity index (χ1) is 11.2. The molecule has 0 saturated carbocycles. The number of nitriles is 1. The van der Waals surface area contributed by atoms with Crippen molar-refractivity contribution in [3.63, 3.8) is 0 Å². The highest BCUT2D eigenvalue weighted by atomic mass is 16.6. The van der Waals surface area contributed by atoms with Crippen LogP contribution in [0.3, 0.4) is 0 Å². The van der Waals surface area contributed by atoms with Crippen LogP contribution in [0.15, 0.2) is 54.1 Å². The number of methoxy groups -OCH3 is 1. The molecule has 2 aromatic rings. The Morgan fingerprint density at radius 2 is 1.83 bits per heavy atom. The largest absolute Gasteiger partial charge is 0.493 e. The van der Waals surface area contributed by atoms with Gasteiger partial charge in [-0.05, 0) is 29.8 Å². The van der Waals surface area contributed by atoms with Crippen molar-refractivity contribution in [1.29, 1.82) is 5.26 Å². The van der Waals surface area contributed by atoms with Crippen molar-refractivity contribution in [2.45, 2.75) is 0 Å². The monoisotopic (exact) mass is 307 g/mol. The molecule has 0 saturated heterocycles. The summed E-state index contributed by atoms with van der Waals surface area (Å²) >= 11 is 0. The molecule has 5 heteroatoms. The zero-order chi connectivity index (χ0) is 16.7. The Balaban J connectivity index is 2.25. The number of esters is 1. The summed E-state index contributed by atoms with van der Waals surface area (Å²) in [5.74, 6) is -0.425. The number of carbonyl (C=O) groups is 2. The quantitative estimate of drug-likeness (QED) is 0.279. The molecule has 0 radical (unpaired) electrons. The third-order valence-electron chi connectivity index (χ3n) is 2.98. The van der Waals surface area contributed by atoms with Gasteiger partial charge >= 0.3 is 5.97 Å². The average Bonchev–Trinajstić information content (AvgIpc) is 2.60. The molecule has 0 aliphatic carbocycles. The van der Waals surface area contributed by atoms with Crippen LogP contribution in [-0.4, -0.2) is 19.4 Å². The van der Waals surface area contributed by atoms with Crippen molar-refractivity contribution in [2.24, 2.45) is 0 Å². The number of hydrogen-bond acceptors (Lipinski definition) is 5. The highest BCUT2D eigenvalue weighted by Crippen LogP contribution is 2.28. The standard InChI is InChI=1S/C18H13NO4/c1-22-17-10-14(12-20)7-8-16(17)23-18(21)15(11-19)9-13-5-3-2-4-6-13/h2-10,12H,1H3/b15-9+. The van der Waals surface area contributed by atoms with Crippen LogP contribution in [0, 0.1) is 11.3 Å². The Kier molecular flexibility index (Phi) is 5.26. The number of rotatable bonds is 5. The highest BCUT2D eigenvalue weighted by Gasteiger charge is 2.15. The molecular weight excluding hydrogens is 294 g/mol. The highest BCUT2D eigenvalue weighted by molar-refractivity contribution is 5.99. The van der Waals surface area contributed by atoms with E-state index in [9.17, 15) is 9.59 Å². The molecule has 0 atom stereocenters. The first-order valence-corrected chi connectivity index (χ1v) is 6.70. The van der Waals surface area contributed by atoms with Crippen molar-refractivity contribution < 1.29 is 19.1 Å². The van der Waals surface area contributed by atoms with Crippen LogP contribution in [0.1, 0.15) is 15.9 Å². The van der Waals surface area contributed by atoms with E-state index in [4.69, 9.17) is 14.7 Å². The molecule has 0 N–H and O–H groups in total. The van der Waals surface area contributed by atoms with Gasteiger partial charge in [0.2, 0.25) is 0 Å². The fraction of sp³-hybridized carbons (Fsp3) is 0.0556. The van der Waals surface area contributed by atoms with Crippen molar-refractivity contribution in [3.8, 4) is 17.6 Å². The fourth-order valence-electron chi connectivity index (χ4n) is 1.85. The van der Waals surface area contributed by atoms with E-state index in [0.717, 1.165) is 0 Å². The third kappa shape index (κ3) is 4.05. The fourth-order valence-corrected chi connectivity index (χ4v) is 1.85. The lowest BCUT2D eigenvalue weighted by molar-refractivity contribution is -0.129. The average molecular weight is 307 g/mol. The summed E-state index contributed by atoms with van der Waals surface area (Å²) in [6.07, 6.45) is 2.10. The Morgan fingerprint density at radius 3 is 2.43 bits per heavy atom. The van der Waals surface area contributed by atoms with E-state index in [1.807, 2.05) is 12.1 Å². The van der Waals surface area contributed by atoms with Crippen LogP contribution in [0.2, 0.25) is 0 Å². The zero-order valence-electron chi connectivity index (χ0n) is 12.4.